The second-order valence-corrected chi connectivity index (χ2v) is 3.68. The molecule has 56 valence electrons. The first-order valence-electron chi connectivity index (χ1n) is 3.52. The van der Waals surface area contributed by atoms with E-state index in [-0.39, 0.29) is 0 Å². The summed E-state index contributed by atoms with van der Waals surface area (Å²) in [5.74, 6) is 0. The monoisotopic (exact) mass is 257 g/mol. The van der Waals surface area contributed by atoms with Crippen molar-refractivity contribution < 1.29 is 0 Å². The van der Waals surface area contributed by atoms with Crippen LogP contribution in [0.4, 0.5) is 0 Å². The van der Waals surface area contributed by atoms with Crippen molar-refractivity contribution in [2.24, 2.45) is 0 Å². The minimum absolute atomic E-state index is 1.32. The molecule has 1 heterocycles. The van der Waals surface area contributed by atoms with E-state index in [1.807, 2.05) is 0 Å². The Kier molecular flexibility index (Phi) is 1.64. The Labute approximate surface area is 79.5 Å². The number of aryl methyl sites for hydroxylation is 1. The third kappa shape index (κ3) is 1.05. The maximum atomic E-state index is 2.30. The molecule has 0 aliphatic rings. The molecule has 2 rings (SSSR count). The average Bonchev–Trinajstić information content (AvgIpc) is 2.34. The van der Waals surface area contributed by atoms with Gasteiger partial charge < -0.3 is 0 Å². The molecule has 0 aliphatic carbocycles. The molecular weight excluding hydrogens is 249 g/mol. The third-order valence-corrected chi connectivity index (χ3v) is 2.67. The lowest BCUT2D eigenvalue weighted by Crippen LogP contribution is -1.79. The topological polar surface area (TPSA) is 4.93 Å². The second kappa shape index (κ2) is 2.52. The van der Waals surface area contributed by atoms with Crippen molar-refractivity contribution in [1.29, 1.82) is 0 Å². The van der Waals surface area contributed by atoms with Gasteiger partial charge in [-0.05, 0) is 18.6 Å². The molecule has 1 aromatic carbocycles. The van der Waals surface area contributed by atoms with E-state index in [0.29, 0.717) is 0 Å². The molecule has 2 aromatic rings. The zero-order chi connectivity index (χ0) is 7.84. The molecule has 0 saturated heterocycles. The molecule has 11 heavy (non-hydrogen) atoms. The van der Waals surface area contributed by atoms with Gasteiger partial charge in [-0.15, -0.1) is 0 Å². The van der Waals surface area contributed by atoms with Crippen molar-refractivity contribution in [1.82, 2.24) is 2.78 Å². The van der Waals surface area contributed by atoms with E-state index in [4.69, 9.17) is 0 Å². The van der Waals surface area contributed by atoms with Crippen molar-refractivity contribution in [3.05, 3.63) is 36.0 Å². The van der Waals surface area contributed by atoms with Gasteiger partial charge in [-0.3, -0.25) is 2.78 Å². The van der Waals surface area contributed by atoms with Crippen LogP contribution < -0.4 is 0 Å². The van der Waals surface area contributed by atoms with Gasteiger partial charge in [-0.2, -0.15) is 0 Å². The Hall–Kier alpha value is -0.510. The molecule has 0 fully saturated rings. The predicted octanol–water partition coefficient (Wildman–Crippen LogP) is 3.15. The lowest BCUT2D eigenvalue weighted by Gasteiger charge is -1.97. The van der Waals surface area contributed by atoms with Gasteiger partial charge in [0.25, 0.3) is 0 Å². The van der Waals surface area contributed by atoms with Crippen LogP contribution in [0.3, 0.4) is 0 Å². The highest BCUT2D eigenvalue weighted by Crippen LogP contribution is 2.20. The Morgan fingerprint density at radius 2 is 2.09 bits per heavy atom. The van der Waals surface area contributed by atoms with Crippen molar-refractivity contribution in [3.8, 4) is 0 Å². The molecule has 0 spiro atoms. The van der Waals surface area contributed by atoms with Crippen molar-refractivity contribution in [2.45, 2.75) is 6.92 Å². The fourth-order valence-corrected chi connectivity index (χ4v) is 2.15. The SMILES string of the molecule is Cc1cccc2ccn(I)c12. The normalized spacial score (nSPS) is 10.7. The molecular formula is C9H8IN. The number of nitrogens with zero attached hydrogens (tertiary/aromatic N) is 1. The Bertz CT molecular complexity index is 389. The summed E-state index contributed by atoms with van der Waals surface area (Å²) in [5, 5.41) is 1.32. The van der Waals surface area contributed by atoms with E-state index in [0.717, 1.165) is 0 Å². The van der Waals surface area contributed by atoms with Gasteiger partial charge in [-0.1, -0.05) is 18.2 Å². The largest absolute Gasteiger partial charge is 0.289 e. The third-order valence-electron chi connectivity index (χ3n) is 1.87. The highest BCUT2D eigenvalue weighted by Gasteiger charge is 1.99. The summed E-state index contributed by atoms with van der Waals surface area (Å²) < 4.78 is 2.13. The zero-order valence-electron chi connectivity index (χ0n) is 6.21. The zero-order valence-corrected chi connectivity index (χ0v) is 8.37. The van der Waals surface area contributed by atoms with Crippen molar-refractivity contribution in [2.75, 3.05) is 0 Å². The molecule has 0 radical (unpaired) electrons. The molecule has 0 unspecified atom stereocenters. The molecule has 0 atom stereocenters. The molecule has 0 N–H and O–H groups in total. The van der Waals surface area contributed by atoms with Crippen LogP contribution in [0, 0.1) is 6.92 Å². The van der Waals surface area contributed by atoms with Gasteiger partial charge >= 0.3 is 0 Å². The molecule has 0 bridgehead atoms. The van der Waals surface area contributed by atoms with Crippen LogP contribution >= 0.6 is 22.9 Å². The fraction of sp³-hybridized carbons (Fsp3) is 0.111. The first kappa shape index (κ1) is 7.16. The molecule has 0 aliphatic heterocycles. The van der Waals surface area contributed by atoms with Gasteiger partial charge in [0.05, 0.1) is 28.4 Å². The highest BCUT2D eigenvalue weighted by atomic mass is 127. The number of fused-ring (bicyclic) bond motifs is 1. The lowest BCUT2D eigenvalue weighted by molar-refractivity contribution is 1.38. The van der Waals surface area contributed by atoms with E-state index in [2.05, 4.69) is 63.0 Å². The van der Waals surface area contributed by atoms with Crippen LogP contribution in [0.1, 0.15) is 5.56 Å². The minimum Gasteiger partial charge on any atom is -0.289 e. The number of benzene rings is 1. The van der Waals surface area contributed by atoms with Gasteiger partial charge in [0, 0.05) is 11.6 Å². The Balaban J connectivity index is 2.96. The number of rotatable bonds is 0. The Morgan fingerprint density at radius 1 is 1.27 bits per heavy atom. The van der Waals surface area contributed by atoms with Gasteiger partial charge in [0.1, 0.15) is 0 Å². The summed E-state index contributed by atoms with van der Waals surface area (Å²) in [7, 11) is 0. The fourth-order valence-electron chi connectivity index (χ4n) is 1.33. The smallest absolute Gasteiger partial charge is 0.0640 e. The van der Waals surface area contributed by atoms with Crippen LogP contribution in [0.2, 0.25) is 0 Å². The van der Waals surface area contributed by atoms with Crippen LogP contribution in [-0.4, -0.2) is 2.78 Å². The van der Waals surface area contributed by atoms with E-state index in [1.54, 1.807) is 0 Å². The van der Waals surface area contributed by atoms with Gasteiger partial charge in [-0.25, -0.2) is 0 Å². The molecule has 0 amide bonds. The van der Waals surface area contributed by atoms with E-state index >= 15 is 0 Å². The number of para-hydroxylation sites is 1. The van der Waals surface area contributed by atoms with Crippen molar-refractivity contribution >= 4 is 33.8 Å². The summed E-state index contributed by atoms with van der Waals surface area (Å²) in [6, 6.07) is 8.50. The molecule has 0 saturated carbocycles. The number of halogens is 1. The maximum Gasteiger partial charge on any atom is 0.0640 e. The first-order valence-corrected chi connectivity index (χ1v) is 4.48. The summed E-state index contributed by atoms with van der Waals surface area (Å²) in [5.41, 5.74) is 2.66. The van der Waals surface area contributed by atoms with Crippen LogP contribution in [-0.2, 0) is 0 Å². The van der Waals surface area contributed by atoms with Crippen LogP contribution in [0.15, 0.2) is 30.5 Å². The summed E-state index contributed by atoms with van der Waals surface area (Å²) in [6.07, 6.45) is 2.08. The van der Waals surface area contributed by atoms with Crippen LogP contribution in [0.5, 0.6) is 0 Å². The summed E-state index contributed by atoms with van der Waals surface area (Å²) in [6.45, 7) is 2.14. The highest BCUT2D eigenvalue weighted by molar-refractivity contribution is 14.1. The maximum absolute atomic E-state index is 2.30. The summed E-state index contributed by atoms with van der Waals surface area (Å²) >= 11 is 2.30. The van der Waals surface area contributed by atoms with E-state index in [1.165, 1.54) is 16.5 Å². The average molecular weight is 257 g/mol. The molecule has 2 heteroatoms. The summed E-state index contributed by atoms with van der Waals surface area (Å²) in [4.78, 5) is 0. The van der Waals surface area contributed by atoms with Gasteiger partial charge in [0.2, 0.25) is 0 Å². The van der Waals surface area contributed by atoms with E-state index < -0.39 is 0 Å². The van der Waals surface area contributed by atoms with Gasteiger partial charge in [0.15, 0.2) is 0 Å². The van der Waals surface area contributed by atoms with Crippen LogP contribution in [0.25, 0.3) is 10.9 Å². The van der Waals surface area contributed by atoms with Crippen molar-refractivity contribution in [3.63, 3.8) is 0 Å². The minimum atomic E-state index is 1.32. The number of aromatic nitrogens is 1. The number of hydrogen-bond donors (Lipinski definition) is 0. The Morgan fingerprint density at radius 3 is 2.82 bits per heavy atom. The standard InChI is InChI=1S/C9H8IN/c1-7-3-2-4-8-5-6-11(10)9(7)8/h2-6H,1H3. The van der Waals surface area contributed by atoms with E-state index in [9.17, 15) is 0 Å². The predicted molar refractivity (Wildman–Crippen MR) is 56.1 cm³/mol. The number of hydrogen-bond acceptors (Lipinski definition) is 0. The quantitative estimate of drug-likeness (QED) is 0.639. The lowest BCUT2D eigenvalue weighted by atomic mass is 10.2. The first-order chi connectivity index (χ1) is 5.29. The second-order valence-electron chi connectivity index (χ2n) is 2.64. The molecule has 1 nitrogen and oxygen atoms in total. The molecule has 1 aromatic heterocycles.